The van der Waals surface area contributed by atoms with E-state index < -0.39 is 17.2 Å². The van der Waals surface area contributed by atoms with Crippen LogP contribution in [0.4, 0.5) is 8.78 Å². The molecule has 1 aromatic carbocycles. The molecule has 1 aromatic rings. The molecule has 1 unspecified atom stereocenters. The van der Waals surface area contributed by atoms with Gasteiger partial charge in [-0.3, -0.25) is 9.59 Å². The fourth-order valence-electron chi connectivity index (χ4n) is 4.13. The molecule has 2 aliphatic rings. The molecule has 7 heteroatoms. The van der Waals surface area contributed by atoms with Crippen molar-refractivity contribution in [3.8, 4) is 0 Å². The fourth-order valence-corrected chi connectivity index (χ4v) is 4.13. The highest BCUT2D eigenvalue weighted by Crippen LogP contribution is 2.38. The molecule has 2 heterocycles. The molecular formula is C19H24F2N2O3. The molecule has 142 valence electrons. The molecule has 2 fully saturated rings. The molecule has 3 rings (SSSR count). The Hall–Kier alpha value is -2.02. The standard InChI is InChI=1S/C19H24F2N2O3/c1-26-11-10-22-8-2-6-19(18(22)25)7-3-9-23(19)17(24)12-14-4-5-15(20)13-16(14)21/h4-5,13H,2-3,6-12H2,1H3. The first-order chi connectivity index (χ1) is 12.5. The van der Waals surface area contributed by atoms with E-state index in [1.165, 1.54) is 6.07 Å². The minimum Gasteiger partial charge on any atom is -0.383 e. The zero-order chi connectivity index (χ0) is 18.7. The molecule has 2 saturated heterocycles. The van der Waals surface area contributed by atoms with Crippen LogP contribution in [0, 0.1) is 11.6 Å². The number of carbonyl (C=O) groups excluding carboxylic acids is 2. The number of halogens is 2. The van der Waals surface area contributed by atoms with E-state index in [2.05, 4.69) is 0 Å². The van der Waals surface area contributed by atoms with Gasteiger partial charge < -0.3 is 14.5 Å². The van der Waals surface area contributed by atoms with Crippen molar-refractivity contribution >= 4 is 11.8 Å². The molecule has 1 spiro atoms. The van der Waals surface area contributed by atoms with E-state index in [0.717, 1.165) is 25.0 Å². The number of nitrogens with zero attached hydrogens (tertiary/aromatic N) is 2. The van der Waals surface area contributed by atoms with Crippen molar-refractivity contribution in [2.45, 2.75) is 37.6 Å². The first kappa shape index (κ1) is 18.8. The van der Waals surface area contributed by atoms with Crippen molar-refractivity contribution in [1.82, 2.24) is 9.80 Å². The molecule has 0 radical (unpaired) electrons. The van der Waals surface area contributed by atoms with Gasteiger partial charge in [0, 0.05) is 32.8 Å². The Bertz CT molecular complexity index is 697. The van der Waals surface area contributed by atoms with E-state index in [1.807, 2.05) is 0 Å². The third kappa shape index (κ3) is 3.45. The molecule has 1 atom stereocenters. The van der Waals surface area contributed by atoms with Gasteiger partial charge in [0.05, 0.1) is 13.0 Å². The van der Waals surface area contributed by atoms with Crippen LogP contribution in [0.25, 0.3) is 0 Å². The predicted molar refractivity (Wildman–Crippen MR) is 91.4 cm³/mol. The summed E-state index contributed by atoms with van der Waals surface area (Å²) in [5.74, 6) is -1.72. The Labute approximate surface area is 151 Å². The third-order valence-electron chi connectivity index (χ3n) is 5.42. The van der Waals surface area contributed by atoms with Gasteiger partial charge >= 0.3 is 0 Å². The van der Waals surface area contributed by atoms with Crippen molar-refractivity contribution in [2.24, 2.45) is 0 Å². The highest BCUT2D eigenvalue weighted by atomic mass is 19.1. The Balaban J connectivity index is 1.78. The SMILES string of the molecule is COCCN1CCCC2(CCCN2C(=O)Cc2ccc(F)cc2F)C1=O. The predicted octanol–water partition coefficient (Wildman–Crippen LogP) is 2.14. The third-order valence-corrected chi connectivity index (χ3v) is 5.42. The number of piperidine rings is 1. The number of hydrogen-bond acceptors (Lipinski definition) is 3. The van der Waals surface area contributed by atoms with E-state index in [4.69, 9.17) is 4.74 Å². The van der Waals surface area contributed by atoms with Crippen LogP contribution in [0.3, 0.4) is 0 Å². The van der Waals surface area contributed by atoms with Gasteiger partial charge in [-0.1, -0.05) is 6.07 Å². The van der Waals surface area contributed by atoms with Gasteiger partial charge in [-0.15, -0.1) is 0 Å². The molecule has 2 amide bonds. The molecule has 26 heavy (non-hydrogen) atoms. The summed E-state index contributed by atoms with van der Waals surface area (Å²) in [6.07, 6.45) is 2.67. The first-order valence-corrected chi connectivity index (χ1v) is 9.00. The van der Waals surface area contributed by atoms with Crippen LogP contribution in [0.15, 0.2) is 18.2 Å². The Kier molecular flexibility index (Phi) is 5.55. The summed E-state index contributed by atoms with van der Waals surface area (Å²) in [6, 6.07) is 3.21. The number of methoxy groups -OCH3 is 1. The molecular weight excluding hydrogens is 342 g/mol. The number of hydrogen-bond donors (Lipinski definition) is 0. The molecule has 0 N–H and O–H groups in total. The maximum absolute atomic E-state index is 13.9. The summed E-state index contributed by atoms with van der Waals surface area (Å²) in [4.78, 5) is 29.3. The molecule has 5 nitrogen and oxygen atoms in total. The van der Waals surface area contributed by atoms with E-state index in [1.54, 1.807) is 16.9 Å². The van der Waals surface area contributed by atoms with Crippen LogP contribution in [0.1, 0.15) is 31.2 Å². The zero-order valence-corrected chi connectivity index (χ0v) is 15.0. The van der Waals surface area contributed by atoms with Gasteiger partial charge in [-0.05, 0) is 37.3 Å². The highest BCUT2D eigenvalue weighted by Gasteiger charge is 2.52. The van der Waals surface area contributed by atoms with E-state index in [0.29, 0.717) is 39.1 Å². The van der Waals surface area contributed by atoms with Gasteiger partial charge in [0.15, 0.2) is 0 Å². The van der Waals surface area contributed by atoms with Crippen molar-refractivity contribution in [2.75, 3.05) is 33.4 Å². The minimum atomic E-state index is -0.820. The summed E-state index contributed by atoms with van der Waals surface area (Å²) >= 11 is 0. The summed E-state index contributed by atoms with van der Waals surface area (Å²) in [7, 11) is 1.59. The lowest BCUT2D eigenvalue weighted by atomic mass is 9.85. The average molecular weight is 366 g/mol. The van der Waals surface area contributed by atoms with Gasteiger partial charge in [-0.25, -0.2) is 8.78 Å². The van der Waals surface area contributed by atoms with Crippen molar-refractivity contribution in [1.29, 1.82) is 0 Å². The molecule has 0 aromatic heterocycles. The number of benzene rings is 1. The Morgan fingerprint density at radius 1 is 1.23 bits per heavy atom. The van der Waals surface area contributed by atoms with E-state index in [-0.39, 0.29) is 23.8 Å². The van der Waals surface area contributed by atoms with Gasteiger partial charge in [0.2, 0.25) is 11.8 Å². The van der Waals surface area contributed by atoms with Crippen LogP contribution < -0.4 is 0 Å². The lowest BCUT2D eigenvalue weighted by Crippen LogP contribution is -2.61. The lowest BCUT2D eigenvalue weighted by Gasteiger charge is -2.44. The zero-order valence-electron chi connectivity index (χ0n) is 15.0. The maximum atomic E-state index is 13.9. The minimum absolute atomic E-state index is 0.0359. The van der Waals surface area contributed by atoms with Gasteiger partial charge in [0.25, 0.3) is 0 Å². The Morgan fingerprint density at radius 2 is 1.96 bits per heavy atom. The summed E-state index contributed by atoms with van der Waals surface area (Å²) in [6.45, 7) is 2.12. The van der Waals surface area contributed by atoms with E-state index in [9.17, 15) is 18.4 Å². The summed E-state index contributed by atoms with van der Waals surface area (Å²) in [5.41, 5.74) is -0.669. The monoisotopic (exact) mass is 366 g/mol. The second-order valence-electron chi connectivity index (χ2n) is 6.98. The van der Waals surface area contributed by atoms with Crippen molar-refractivity contribution < 1.29 is 23.1 Å². The first-order valence-electron chi connectivity index (χ1n) is 9.00. The second kappa shape index (κ2) is 7.70. The maximum Gasteiger partial charge on any atom is 0.248 e. The average Bonchev–Trinajstić information content (AvgIpc) is 3.03. The van der Waals surface area contributed by atoms with Gasteiger partial charge in [0.1, 0.15) is 17.2 Å². The number of likely N-dealkylation sites (tertiary alicyclic amines) is 2. The lowest BCUT2D eigenvalue weighted by molar-refractivity contribution is -0.155. The van der Waals surface area contributed by atoms with Crippen molar-refractivity contribution in [3.05, 3.63) is 35.4 Å². The van der Waals surface area contributed by atoms with Crippen LogP contribution in [0.2, 0.25) is 0 Å². The molecule has 2 aliphatic heterocycles. The fraction of sp³-hybridized carbons (Fsp3) is 0.579. The molecule has 0 saturated carbocycles. The van der Waals surface area contributed by atoms with Crippen LogP contribution in [-0.2, 0) is 20.7 Å². The van der Waals surface area contributed by atoms with Crippen LogP contribution >= 0.6 is 0 Å². The second-order valence-corrected chi connectivity index (χ2v) is 6.98. The topological polar surface area (TPSA) is 49.9 Å². The Morgan fingerprint density at radius 3 is 2.65 bits per heavy atom. The number of ether oxygens (including phenoxy) is 1. The smallest absolute Gasteiger partial charge is 0.248 e. The van der Waals surface area contributed by atoms with Crippen LogP contribution in [0.5, 0.6) is 0 Å². The van der Waals surface area contributed by atoms with Crippen molar-refractivity contribution in [3.63, 3.8) is 0 Å². The molecule has 0 aliphatic carbocycles. The van der Waals surface area contributed by atoms with Crippen LogP contribution in [-0.4, -0.2) is 60.5 Å². The highest BCUT2D eigenvalue weighted by molar-refractivity contribution is 5.93. The summed E-state index contributed by atoms with van der Waals surface area (Å²) in [5, 5.41) is 0. The van der Waals surface area contributed by atoms with Gasteiger partial charge in [-0.2, -0.15) is 0 Å². The van der Waals surface area contributed by atoms with E-state index >= 15 is 0 Å². The quantitative estimate of drug-likeness (QED) is 0.802. The number of rotatable bonds is 5. The number of carbonyl (C=O) groups is 2. The number of amides is 2. The normalized spacial score (nSPS) is 23.1. The summed E-state index contributed by atoms with van der Waals surface area (Å²) < 4.78 is 32.1. The molecule has 0 bridgehead atoms. The largest absolute Gasteiger partial charge is 0.383 e.